The van der Waals surface area contributed by atoms with Gasteiger partial charge in [0.05, 0.1) is 22.5 Å². The number of imide groups is 1. The van der Waals surface area contributed by atoms with Crippen molar-refractivity contribution >= 4 is 51.6 Å². The number of benzene rings is 2. The number of amides is 2. The van der Waals surface area contributed by atoms with Crippen molar-refractivity contribution in [3.05, 3.63) is 61.9 Å². The molecule has 2 amide bonds. The predicted octanol–water partition coefficient (Wildman–Crippen LogP) is 3.50. The molecule has 0 atom stereocenters. The molecule has 5 rings (SSSR count). The Kier molecular flexibility index (Phi) is 4.60. The summed E-state index contributed by atoms with van der Waals surface area (Å²) in [7, 11) is 3.40. The van der Waals surface area contributed by atoms with Crippen molar-refractivity contribution in [2.75, 3.05) is 6.79 Å². The summed E-state index contributed by atoms with van der Waals surface area (Å²) in [4.78, 5) is 39.0. The Morgan fingerprint density at radius 3 is 2.52 bits per heavy atom. The van der Waals surface area contributed by atoms with Crippen molar-refractivity contribution in [2.45, 2.75) is 6.54 Å². The van der Waals surface area contributed by atoms with Crippen LogP contribution in [0.2, 0.25) is 5.02 Å². The Bertz CT molecular complexity index is 1370. The maximum atomic E-state index is 12.9. The summed E-state index contributed by atoms with van der Waals surface area (Å²) in [6.07, 6.45) is 1.66. The quantitative estimate of drug-likeness (QED) is 0.560. The number of hydrogen-bond acceptors (Lipinski definition) is 6. The van der Waals surface area contributed by atoms with Gasteiger partial charge < -0.3 is 9.47 Å². The average Bonchev–Trinajstić information content (AvgIpc) is 3.37. The maximum Gasteiger partial charge on any atom is 0.328 e. The second-order valence-corrected chi connectivity index (χ2v) is 8.61. The summed E-state index contributed by atoms with van der Waals surface area (Å²) in [5.74, 6) is 0.669. The lowest BCUT2D eigenvalue weighted by molar-refractivity contribution is -0.123. The molecule has 10 heteroatoms. The van der Waals surface area contributed by atoms with E-state index in [1.54, 1.807) is 41.4 Å². The number of aryl methyl sites for hydroxylation is 2. The van der Waals surface area contributed by atoms with E-state index in [2.05, 4.69) is 0 Å². The second-order valence-electron chi connectivity index (χ2n) is 7.21. The van der Waals surface area contributed by atoms with E-state index in [-0.39, 0.29) is 24.3 Å². The van der Waals surface area contributed by atoms with Gasteiger partial charge in [0.15, 0.2) is 11.5 Å². The highest BCUT2D eigenvalue weighted by molar-refractivity contribution is 8.18. The zero-order valence-electron chi connectivity index (χ0n) is 16.5. The van der Waals surface area contributed by atoms with Gasteiger partial charge in [-0.15, -0.1) is 0 Å². The van der Waals surface area contributed by atoms with Crippen LogP contribution in [-0.2, 0) is 25.4 Å². The zero-order valence-corrected chi connectivity index (χ0v) is 18.1. The molecule has 31 heavy (non-hydrogen) atoms. The van der Waals surface area contributed by atoms with E-state index < -0.39 is 5.91 Å². The summed E-state index contributed by atoms with van der Waals surface area (Å²) < 4.78 is 13.7. The molecule has 3 heterocycles. The standard InChI is InChI=1S/C21H16ClN3O5S/c1-23-14-4-3-11(5-15(14)24(2)20(23)27)6-18-19(26)25(21(28)31-18)9-12-7-16-17(8-13(12)22)30-10-29-16/h3-8H,9-10H2,1-2H3/b18-6+. The van der Waals surface area contributed by atoms with Crippen LogP contribution < -0.4 is 15.2 Å². The molecule has 0 unspecified atom stereocenters. The van der Waals surface area contributed by atoms with Crippen LogP contribution in [0.1, 0.15) is 11.1 Å². The number of hydrogen-bond donors (Lipinski definition) is 0. The molecular formula is C21H16ClN3O5S. The molecule has 1 saturated heterocycles. The van der Waals surface area contributed by atoms with Crippen molar-refractivity contribution < 1.29 is 19.1 Å². The van der Waals surface area contributed by atoms with Gasteiger partial charge in [0.2, 0.25) is 6.79 Å². The third-order valence-electron chi connectivity index (χ3n) is 5.34. The third kappa shape index (κ3) is 3.21. The third-order valence-corrected chi connectivity index (χ3v) is 6.60. The van der Waals surface area contributed by atoms with Crippen molar-refractivity contribution in [3.8, 4) is 11.5 Å². The molecule has 1 aromatic heterocycles. The van der Waals surface area contributed by atoms with Crippen LogP contribution in [-0.4, -0.2) is 32.0 Å². The molecule has 0 N–H and O–H groups in total. The first-order valence-electron chi connectivity index (χ1n) is 9.32. The van der Waals surface area contributed by atoms with Gasteiger partial charge in [-0.2, -0.15) is 0 Å². The van der Waals surface area contributed by atoms with Crippen molar-refractivity contribution in [2.24, 2.45) is 14.1 Å². The number of fused-ring (bicyclic) bond motifs is 2. The van der Waals surface area contributed by atoms with E-state index in [0.717, 1.165) is 33.3 Å². The molecule has 0 bridgehead atoms. The topological polar surface area (TPSA) is 82.8 Å². The molecule has 0 saturated carbocycles. The Balaban J connectivity index is 1.44. The first-order valence-corrected chi connectivity index (χ1v) is 10.5. The van der Waals surface area contributed by atoms with Crippen molar-refractivity contribution in [1.82, 2.24) is 14.0 Å². The van der Waals surface area contributed by atoms with Crippen LogP contribution in [0.3, 0.4) is 0 Å². The minimum absolute atomic E-state index is 0.0315. The lowest BCUT2D eigenvalue weighted by Crippen LogP contribution is -2.27. The molecular weight excluding hydrogens is 442 g/mol. The SMILES string of the molecule is Cn1c(=O)n(C)c2cc(/C=C3/SC(=O)N(Cc4cc5c(cc4Cl)OCO5)C3=O)ccc21. The van der Waals surface area contributed by atoms with Gasteiger partial charge in [0.25, 0.3) is 11.1 Å². The van der Waals surface area contributed by atoms with Crippen LogP contribution >= 0.6 is 23.4 Å². The zero-order chi connectivity index (χ0) is 21.9. The molecule has 1 fully saturated rings. The van der Waals surface area contributed by atoms with Crippen molar-refractivity contribution in [1.29, 1.82) is 0 Å². The van der Waals surface area contributed by atoms with Crippen molar-refractivity contribution in [3.63, 3.8) is 0 Å². The minimum atomic E-state index is -0.397. The molecule has 2 aliphatic heterocycles. The maximum absolute atomic E-state index is 12.9. The van der Waals surface area contributed by atoms with Gasteiger partial charge in [-0.05, 0) is 47.2 Å². The summed E-state index contributed by atoms with van der Waals surface area (Å²) in [5, 5.41) is 0.0147. The lowest BCUT2D eigenvalue weighted by Gasteiger charge is -2.14. The molecule has 2 aliphatic rings. The highest BCUT2D eigenvalue weighted by atomic mass is 35.5. The van der Waals surface area contributed by atoms with Crippen LogP contribution in [0.15, 0.2) is 40.0 Å². The molecule has 3 aromatic rings. The number of carbonyl (C=O) groups is 2. The number of rotatable bonds is 3. The van der Waals surface area contributed by atoms with E-state index in [4.69, 9.17) is 21.1 Å². The summed E-state index contributed by atoms with van der Waals surface area (Å²) in [6, 6.07) is 8.75. The van der Waals surface area contributed by atoms with Gasteiger partial charge in [0, 0.05) is 25.2 Å². The number of ether oxygens (including phenoxy) is 2. The Morgan fingerprint density at radius 2 is 1.74 bits per heavy atom. The monoisotopic (exact) mass is 457 g/mol. The van der Waals surface area contributed by atoms with Gasteiger partial charge in [0.1, 0.15) is 0 Å². The normalized spacial score (nSPS) is 16.9. The predicted molar refractivity (Wildman–Crippen MR) is 117 cm³/mol. The molecule has 0 spiro atoms. The molecule has 8 nitrogen and oxygen atoms in total. The first kappa shape index (κ1) is 19.8. The number of thioether (sulfide) groups is 1. The van der Waals surface area contributed by atoms with E-state index in [0.29, 0.717) is 27.0 Å². The van der Waals surface area contributed by atoms with Gasteiger partial charge in [-0.3, -0.25) is 23.6 Å². The molecule has 2 aromatic carbocycles. The summed E-state index contributed by atoms with van der Waals surface area (Å²) in [5.41, 5.74) is 2.71. The highest BCUT2D eigenvalue weighted by Crippen LogP contribution is 2.39. The van der Waals surface area contributed by atoms with E-state index in [9.17, 15) is 14.4 Å². The number of carbonyl (C=O) groups excluding carboxylic acids is 2. The largest absolute Gasteiger partial charge is 0.454 e. The lowest BCUT2D eigenvalue weighted by atomic mass is 10.1. The van der Waals surface area contributed by atoms with E-state index in [1.807, 2.05) is 18.2 Å². The smallest absolute Gasteiger partial charge is 0.328 e. The van der Waals surface area contributed by atoms with Gasteiger partial charge in [-0.25, -0.2) is 4.79 Å². The molecule has 0 radical (unpaired) electrons. The molecule has 158 valence electrons. The van der Waals surface area contributed by atoms with E-state index in [1.165, 1.54) is 0 Å². The van der Waals surface area contributed by atoms with Crippen LogP contribution in [0, 0.1) is 0 Å². The Labute approximate surface area is 185 Å². The number of aromatic nitrogens is 2. The highest BCUT2D eigenvalue weighted by Gasteiger charge is 2.35. The van der Waals surface area contributed by atoms with Crippen LogP contribution in [0.4, 0.5) is 4.79 Å². The second kappa shape index (κ2) is 7.21. The summed E-state index contributed by atoms with van der Waals surface area (Å²) in [6.45, 7) is 0.139. The number of imidazole rings is 1. The summed E-state index contributed by atoms with van der Waals surface area (Å²) >= 11 is 7.17. The fourth-order valence-corrected chi connectivity index (χ4v) is 4.70. The fourth-order valence-electron chi connectivity index (χ4n) is 3.65. The number of nitrogens with zero attached hydrogens (tertiary/aromatic N) is 3. The average molecular weight is 458 g/mol. The Morgan fingerprint density at radius 1 is 1.03 bits per heavy atom. The van der Waals surface area contributed by atoms with E-state index >= 15 is 0 Å². The molecule has 0 aliphatic carbocycles. The Hall–Kier alpha value is -3.17. The number of halogens is 1. The van der Waals surface area contributed by atoms with Crippen LogP contribution in [0.25, 0.3) is 17.1 Å². The van der Waals surface area contributed by atoms with Gasteiger partial charge in [-0.1, -0.05) is 17.7 Å². The fraction of sp³-hybridized carbons (Fsp3) is 0.190. The minimum Gasteiger partial charge on any atom is -0.454 e. The van der Waals surface area contributed by atoms with Crippen LogP contribution in [0.5, 0.6) is 11.5 Å². The van der Waals surface area contributed by atoms with Gasteiger partial charge >= 0.3 is 5.69 Å². The first-order chi connectivity index (χ1) is 14.8.